The maximum Gasteiger partial charge on any atom is 0.160 e. The molecule has 0 atom stereocenters. The van der Waals surface area contributed by atoms with Gasteiger partial charge in [-0.05, 0) is 6.07 Å². The molecule has 1 aromatic rings. The minimum atomic E-state index is -0.270. The van der Waals surface area contributed by atoms with Crippen LogP contribution in [-0.2, 0) is 9.47 Å². The largest absolute Gasteiger partial charge is 0.356 e. The van der Waals surface area contributed by atoms with Gasteiger partial charge in [0.25, 0.3) is 0 Å². The lowest BCUT2D eigenvalue weighted by molar-refractivity contribution is -0.0985. The molecule has 3 heteroatoms. The lowest BCUT2D eigenvalue weighted by Crippen LogP contribution is -2.10. The molecule has 0 aliphatic rings. The second kappa shape index (κ2) is 6.32. The first kappa shape index (κ1) is 11.9. The fourth-order valence-corrected chi connectivity index (χ4v) is 1.21. The number of hydrogen-bond donors (Lipinski definition) is 0. The number of halogens is 1. The third-order valence-electron chi connectivity index (χ3n) is 2.06. The van der Waals surface area contributed by atoms with Crippen molar-refractivity contribution in [2.24, 2.45) is 0 Å². The number of methoxy groups -OCH3 is 2. The number of ether oxygens (including phenoxy) is 2. The standard InChI is InChI=1S/C12H15FO2/c1-14-12(15-2)9-5-7-10-6-3-4-8-11(10)13/h3-8,12H,9H2,1-2H3. The molecule has 15 heavy (non-hydrogen) atoms. The summed E-state index contributed by atoms with van der Waals surface area (Å²) in [7, 11) is 3.15. The first-order valence-electron chi connectivity index (χ1n) is 4.74. The molecule has 0 aliphatic carbocycles. The maximum atomic E-state index is 13.2. The summed E-state index contributed by atoms with van der Waals surface area (Å²) in [5.74, 6) is -0.222. The zero-order valence-corrected chi connectivity index (χ0v) is 8.94. The molecule has 0 saturated heterocycles. The van der Waals surface area contributed by atoms with Gasteiger partial charge in [0.2, 0.25) is 0 Å². The van der Waals surface area contributed by atoms with Crippen molar-refractivity contribution >= 4 is 6.08 Å². The molecule has 0 radical (unpaired) electrons. The van der Waals surface area contributed by atoms with Gasteiger partial charge >= 0.3 is 0 Å². The zero-order valence-electron chi connectivity index (χ0n) is 8.94. The molecule has 0 N–H and O–H groups in total. The topological polar surface area (TPSA) is 18.5 Å². The van der Waals surface area contributed by atoms with Crippen LogP contribution >= 0.6 is 0 Å². The van der Waals surface area contributed by atoms with Crippen LogP contribution < -0.4 is 0 Å². The second-order valence-corrected chi connectivity index (χ2v) is 3.06. The third kappa shape index (κ3) is 3.81. The van der Waals surface area contributed by atoms with E-state index in [0.29, 0.717) is 12.0 Å². The van der Waals surface area contributed by atoms with Gasteiger partial charge in [0.1, 0.15) is 5.82 Å². The Bertz CT molecular complexity index is 319. The Labute approximate surface area is 89.3 Å². The van der Waals surface area contributed by atoms with E-state index in [1.54, 1.807) is 38.5 Å². The molecular weight excluding hydrogens is 195 g/mol. The van der Waals surface area contributed by atoms with Crippen molar-refractivity contribution in [3.63, 3.8) is 0 Å². The van der Waals surface area contributed by atoms with Crippen LogP contribution in [0.2, 0.25) is 0 Å². The first-order chi connectivity index (χ1) is 7.27. The normalized spacial score (nSPS) is 11.5. The van der Waals surface area contributed by atoms with Gasteiger partial charge in [-0.15, -0.1) is 0 Å². The van der Waals surface area contributed by atoms with Gasteiger partial charge in [-0.25, -0.2) is 4.39 Å². The molecule has 82 valence electrons. The highest BCUT2D eigenvalue weighted by atomic mass is 19.1. The van der Waals surface area contributed by atoms with Crippen molar-refractivity contribution in [1.82, 2.24) is 0 Å². The summed E-state index contributed by atoms with van der Waals surface area (Å²) < 4.78 is 23.2. The Morgan fingerprint density at radius 2 is 1.93 bits per heavy atom. The van der Waals surface area contributed by atoms with E-state index in [2.05, 4.69) is 0 Å². The minimum absolute atomic E-state index is 0.222. The lowest BCUT2D eigenvalue weighted by atomic mass is 10.2. The molecule has 0 spiro atoms. The van der Waals surface area contributed by atoms with E-state index in [1.165, 1.54) is 6.07 Å². The number of hydrogen-bond acceptors (Lipinski definition) is 2. The maximum absolute atomic E-state index is 13.2. The Kier molecular flexibility index (Phi) is 5.01. The lowest BCUT2D eigenvalue weighted by Gasteiger charge is -2.09. The predicted molar refractivity (Wildman–Crippen MR) is 57.9 cm³/mol. The summed E-state index contributed by atoms with van der Waals surface area (Å²) in [6.45, 7) is 0. The molecule has 0 unspecified atom stereocenters. The molecule has 1 rings (SSSR count). The Hall–Kier alpha value is -1.19. The van der Waals surface area contributed by atoms with Crippen LogP contribution in [0.3, 0.4) is 0 Å². The fraction of sp³-hybridized carbons (Fsp3) is 0.333. The van der Waals surface area contributed by atoms with E-state index in [4.69, 9.17) is 9.47 Å². The van der Waals surface area contributed by atoms with Gasteiger partial charge in [0.15, 0.2) is 6.29 Å². The average Bonchev–Trinajstić information content (AvgIpc) is 2.27. The summed E-state index contributed by atoms with van der Waals surface area (Å²) >= 11 is 0. The van der Waals surface area contributed by atoms with Crippen LogP contribution in [0.25, 0.3) is 6.08 Å². The highest BCUT2D eigenvalue weighted by molar-refractivity contribution is 5.49. The highest BCUT2D eigenvalue weighted by Crippen LogP contribution is 2.09. The van der Waals surface area contributed by atoms with Gasteiger partial charge in [-0.2, -0.15) is 0 Å². The molecule has 2 nitrogen and oxygen atoms in total. The molecular formula is C12H15FO2. The molecule has 1 aromatic carbocycles. The van der Waals surface area contributed by atoms with Crippen molar-refractivity contribution in [2.45, 2.75) is 12.7 Å². The molecule has 0 bridgehead atoms. The summed E-state index contributed by atoms with van der Waals surface area (Å²) in [6.07, 6.45) is 3.88. The van der Waals surface area contributed by atoms with Crippen LogP contribution in [-0.4, -0.2) is 20.5 Å². The van der Waals surface area contributed by atoms with E-state index < -0.39 is 0 Å². The quantitative estimate of drug-likeness (QED) is 0.696. The van der Waals surface area contributed by atoms with Crippen LogP contribution in [0.15, 0.2) is 30.3 Å². The van der Waals surface area contributed by atoms with Crippen molar-refractivity contribution in [1.29, 1.82) is 0 Å². The van der Waals surface area contributed by atoms with Crippen LogP contribution in [0.1, 0.15) is 12.0 Å². The van der Waals surface area contributed by atoms with E-state index in [9.17, 15) is 4.39 Å². The van der Waals surface area contributed by atoms with E-state index in [-0.39, 0.29) is 12.1 Å². The summed E-state index contributed by atoms with van der Waals surface area (Å²) in [5.41, 5.74) is 0.573. The first-order valence-corrected chi connectivity index (χ1v) is 4.74. The average molecular weight is 210 g/mol. The van der Waals surface area contributed by atoms with Gasteiger partial charge in [-0.3, -0.25) is 0 Å². The molecule has 0 aliphatic heterocycles. The SMILES string of the molecule is COC(CC=Cc1ccccc1F)OC. The number of benzene rings is 1. The van der Waals surface area contributed by atoms with E-state index >= 15 is 0 Å². The second-order valence-electron chi connectivity index (χ2n) is 3.06. The van der Waals surface area contributed by atoms with Crippen molar-refractivity contribution in [3.8, 4) is 0 Å². The van der Waals surface area contributed by atoms with Crippen molar-refractivity contribution in [2.75, 3.05) is 14.2 Å². The van der Waals surface area contributed by atoms with Gasteiger partial charge in [-0.1, -0.05) is 30.4 Å². The van der Waals surface area contributed by atoms with Gasteiger partial charge < -0.3 is 9.47 Å². The molecule has 0 saturated carbocycles. The zero-order chi connectivity index (χ0) is 11.1. The summed E-state index contributed by atoms with van der Waals surface area (Å²) in [5, 5.41) is 0. The predicted octanol–water partition coefficient (Wildman–Crippen LogP) is 2.85. The van der Waals surface area contributed by atoms with Crippen molar-refractivity contribution < 1.29 is 13.9 Å². The third-order valence-corrected chi connectivity index (χ3v) is 2.06. The Morgan fingerprint density at radius 3 is 2.53 bits per heavy atom. The molecule has 0 fully saturated rings. The van der Waals surface area contributed by atoms with Crippen molar-refractivity contribution in [3.05, 3.63) is 41.7 Å². The number of rotatable bonds is 5. The summed E-state index contributed by atoms with van der Waals surface area (Å²) in [4.78, 5) is 0. The fourth-order valence-electron chi connectivity index (χ4n) is 1.21. The van der Waals surface area contributed by atoms with Gasteiger partial charge in [0.05, 0.1) is 0 Å². The monoisotopic (exact) mass is 210 g/mol. The minimum Gasteiger partial charge on any atom is -0.356 e. The van der Waals surface area contributed by atoms with Gasteiger partial charge in [0, 0.05) is 26.2 Å². The highest BCUT2D eigenvalue weighted by Gasteiger charge is 2.01. The summed E-state index contributed by atoms with van der Waals surface area (Å²) in [6, 6.07) is 6.62. The molecule has 0 aromatic heterocycles. The van der Waals surface area contributed by atoms with Crippen LogP contribution in [0, 0.1) is 5.82 Å². The van der Waals surface area contributed by atoms with E-state index in [1.807, 2.05) is 6.08 Å². The Morgan fingerprint density at radius 1 is 1.27 bits per heavy atom. The molecule has 0 amide bonds. The molecule has 0 heterocycles. The smallest absolute Gasteiger partial charge is 0.160 e. The van der Waals surface area contributed by atoms with Crippen LogP contribution in [0.5, 0.6) is 0 Å². The van der Waals surface area contributed by atoms with Crippen LogP contribution in [0.4, 0.5) is 4.39 Å². The Balaban J connectivity index is 2.54. The van der Waals surface area contributed by atoms with E-state index in [0.717, 1.165) is 0 Å².